The highest BCUT2D eigenvalue weighted by Crippen LogP contribution is 2.30. The fourth-order valence-corrected chi connectivity index (χ4v) is 3.44. The number of benzene rings is 1. The van der Waals surface area contributed by atoms with E-state index in [2.05, 4.69) is 0 Å². The van der Waals surface area contributed by atoms with E-state index in [-0.39, 0.29) is 17.4 Å². The summed E-state index contributed by atoms with van der Waals surface area (Å²) in [5.41, 5.74) is 0. The molecule has 5 nitrogen and oxygen atoms in total. The van der Waals surface area contributed by atoms with Crippen molar-refractivity contribution in [3.8, 4) is 5.75 Å². The Morgan fingerprint density at radius 1 is 1.26 bits per heavy atom. The van der Waals surface area contributed by atoms with Crippen LogP contribution in [0.2, 0.25) is 0 Å². The lowest BCUT2D eigenvalue weighted by Gasteiger charge is -2.24. The molecule has 1 unspecified atom stereocenters. The maximum Gasteiger partial charge on any atom is 0.331 e. The van der Waals surface area contributed by atoms with Crippen LogP contribution in [0.25, 0.3) is 0 Å². The predicted molar refractivity (Wildman–Crippen MR) is 89.2 cm³/mol. The van der Waals surface area contributed by atoms with Gasteiger partial charge in [0, 0.05) is 0 Å². The van der Waals surface area contributed by atoms with Crippen molar-refractivity contribution in [3.63, 3.8) is 0 Å². The van der Waals surface area contributed by atoms with Crippen molar-refractivity contribution in [2.24, 2.45) is 5.92 Å². The molecule has 1 aromatic carbocycles. The summed E-state index contributed by atoms with van der Waals surface area (Å²) in [6.07, 6.45) is 3.10. The first kappa shape index (κ1) is 19.2. The highest BCUT2D eigenvalue weighted by molar-refractivity contribution is 7.93. The van der Waals surface area contributed by atoms with Gasteiger partial charge in [0.05, 0.1) is 18.6 Å². The topological polar surface area (TPSA) is 69.7 Å². The van der Waals surface area contributed by atoms with Crippen LogP contribution < -0.4 is 4.74 Å². The number of hydrogen-bond donors (Lipinski definition) is 0. The predicted octanol–water partition coefficient (Wildman–Crippen LogP) is 3.00. The Kier molecular flexibility index (Phi) is 6.38. The molecule has 0 aromatic heterocycles. The molecule has 0 radical (unpaired) electrons. The van der Waals surface area contributed by atoms with E-state index in [1.54, 1.807) is 25.1 Å². The van der Waals surface area contributed by atoms with Gasteiger partial charge in [-0.15, -0.1) is 0 Å². The quantitative estimate of drug-likeness (QED) is 0.564. The number of sulfone groups is 1. The molecular formula is C17H24O5S. The molecule has 0 bridgehead atoms. The van der Waals surface area contributed by atoms with Gasteiger partial charge in [-0.25, -0.2) is 13.2 Å². The minimum atomic E-state index is -3.96. The molecule has 0 aliphatic heterocycles. The largest absolute Gasteiger partial charge is 0.497 e. The molecular weight excluding hydrogens is 316 g/mol. The second kappa shape index (κ2) is 7.64. The standard InChI is InChI=1S/C17H24O5S/c1-6-22-16(18)17(4,12-11-13(2)3)23(19,20)15-9-7-14(21-5)8-10-15/h7-13H,6H2,1-5H3. The van der Waals surface area contributed by atoms with Crippen LogP contribution in [0.5, 0.6) is 5.75 Å². The van der Waals surface area contributed by atoms with Gasteiger partial charge in [-0.1, -0.05) is 26.0 Å². The van der Waals surface area contributed by atoms with Gasteiger partial charge in [-0.05, 0) is 44.0 Å². The number of esters is 1. The third kappa shape index (κ3) is 4.13. The first-order valence-electron chi connectivity index (χ1n) is 7.44. The number of methoxy groups -OCH3 is 1. The van der Waals surface area contributed by atoms with E-state index in [1.807, 2.05) is 13.8 Å². The molecule has 0 aliphatic carbocycles. The monoisotopic (exact) mass is 340 g/mol. The molecule has 1 rings (SSSR count). The fraction of sp³-hybridized carbons (Fsp3) is 0.471. The molecule has 0 fully saturated rings. The van der Waals surface area contributed by atoms with E-state index < -0.39 is 20.6 Å². The maximum atomic E-state index is 13.0. The van der Waals surface area contributed by atoms with Crippen LogP contribution in [-0.2, 0) is 19.4 Å². The minimum absolute atomic E-state index is 0.0438. The first-order valence-corrected chi connectivity index (χ1v) is 8.92. The smallest absolute Gasteiger partial charge is 0.331 e. The van der Waals surface area contributed by atoms with Crippen molar-refractivity contribution in [2.45, 2.75) is 37.3 Å². The lowest BCUT2D eigenvalue weighted by atomic mass is 10.1. The number of carbonyl (C=O) groups is 1. The number of ether oxygens (including phenoxy) is 2. The van der Waals surface area contributed by atoms with Crippen LogP contribution in [-0.4, -0.2) is 32.9 Å². The zero-order valence-electron chi connectivity index (χ0n) is 14.2. The second-order valence-corrected chi connectivity index (χ2v) is 7.94. The molecule has 6 heteroatoms. The van der Waals surface area contributed by atoms with Gasteiger partial charge in [-0.2, -0.15) is 0 Å². The van der Waals surface area contributed by atoms with Crippen molar-refractivity contribution in [1.82, 2.24) is 0 Å². The van der Waals surface area contributed by atoms with Crippen LogP contribution in [0, 0.1) is 5.92 Å². The van der Waals surface area contributed by atoms with Crippen LogP contribution in [0.15, 0.2) is 41.3 Å². The van der Waals surface area contributed by atoms with Crippen LogP contribution in [0.1, 0.15) is 27.7 Å². The van der Waals surface area contributed by atoms with Crippen LogP contribution in [0.4, 0.5) is 0 Å². The normalized spacial score (nSPS) is 14.7. The molecule has 1 atom stereocenters. The minimum Gasteiger partial charge on any atom is -0.497 e. The first-order chi connectivity index (χ1) is 10.7. The van der Waals surface area contributed by atoms with E-state index in [9.17, 15) is 13.2 Å². The lowest BCUT2D eigenvalue weighted by molar-refractivity contribution is -0.144. The fourth-order valence-electron chi connectivity index (χ4n) is 1.92. The molecule has 0 saturated heterocycles. The maximum absolute atomic E-state index is 13.0. The third-order valence-corrected chi connectivity index (χ3v) is 5.72. The number of rotatable bonds is 7. The van der Waals surface area contributed by atoms with Crippen molar-refractivity contribution in [3.05, 3.63) is 36.4 Å². The summed E-state index contributed by atoms with van der Waals surface area (Å²) in [6, 6.07) is 5.94. The number of allylic oxidation sites excluding steroid dienone is 1. The van der Waals surface area contributed by atoms with E-state index in [0.717, 1.165) is 0 Å². The Balaban J connectivity index is 3.40. The molecule has 0 N–H and O–H groups in total. The van der Waals surface area contributed by atoms with Gasteiger partial charge in [0.2, 0.25) is 0 Å². The third-order valence-electron chi connectivity index (χ3n) is 3.41. The second-order valence-electron chi connectivity index (χ2n) is 5.61. The van der Waals surface area contributed by atoms with Crippen molar-refractivity contribution < 1.29 is 22.7 Å². The van der Waals surface area contributed by atoms with Gasteiger partial charge in [0.15, 0.2) is 14.6 Å². The molecule has 0 heterocycles. The Bertz CT molecular complexity index is 659. The van der Waals surface area contributed by atoms with Crippen molar-refractivity contribution in [1.29, 1.82) is 0 Å². The highest BCUT2D eigenvalue weighted by Gasteiger charge is 2.46. The van der Waals surface area contributed by atoms with Gasteiger partial charge in [-0.3, -0.25) is 0 Å². The molecule has 128 valence electrons. The Labute approximate surface area is 138 Å². The summed E-state index contributed by atoms with van der Waals surface area (Å²) in [5.74, 6) is -0.137. The van der Waals surface area contributed by atoms with Gasteiger partial charge < -0.3 is 9.47 Å². The Morgan fingerprint density at radius 3 is 2.26 bits per heavy atom. The molecule has 1 aromatic rings. The highest BCUT2D eigenvalue weighted by atomic mass is 32.2. The number of carbonyl (C=O) groups excluding carboxylic acids is 1. The van der Waals surface area contributed by atoms with E-state index in [0.29, 0.717) is 5.75 Å². The van der Waals surface area contributed by atoms with Gasteiger partial charge in [0.1, 0.15) is 5.75 Å². The van der Waals surface area contributed by atoms with E-state index in [1.165, 1.54) is 32.2 Å². The summed E-state index contributed by atoms with van der Waals surface area (Å²) < 4.78 is 34.2. The summed E-state index contributed by atoms with van der Waals surface area (Å²) in [4.78, 5) is 12.4. The summed E-state index contributed by atoms with van der Waals surface area (Å²) >= 11 is 0. The molecule has 0 amide bonds. The zero-order valence-corrected chi connectivity index (χ0v) is 15.0. The SMILES string of the molecule is CCOC(=O)C(C)(C=CC(C)C)S(=O)(=O)c1ccc(OC)cc1. The molecule has 0 aliphatic rings. The van der Waals surface area contributed by atoms with E-state index >= 15 is 0 Å². The summed E-state index contributed by atoms with van der Waals surface area (Å²) in [7, 11) is -2.46. The summed E-state index contributed by atoms with van der Waals surface area (Å²) in [5, 5.41) is 0. The molecule has 23 heavy (non-hydrogen) atoms. The zero-order chi connectivity index (χ0) is 17.7. The number of hydrogen-bond acceptors (Lipinski definition) is 5. The van der Waals surface area contributed by atoms with Crippen LogP contribution >= 0.6 is 0 Å². The summed E-state index contributed by atoms with van der Waals surface area (Å²) in [6.45, 7) is 6.93. The average molecular weight is 340 g/mol. The average Bonchev–Trinajstić information content (AvgIpc) is 2.52. The Morgan fingerprint density at radius 2 is 1.83 bits per heavy atom. The lowest BCUT2D eigenvalue weighted by Crippen LogP contribution is -2.43. The molecule has 0 spiro atoms. The van der Waals surface area contributed by atoms with Crippen LogP contribution in [0.3, 0.4) is 0 Å². The van der Waals surface area contributed by atoms with Crippen molar-refractivity contribution in [2.75, 3.05) is 13.7 Å². The Hall–Kier alpha value is -1.82. The van der Waals surface area contributed by atoms with Gasteiger partial charge in [0.25, 0.3) is 0 Å². The van der Waals surface area contributed by atoms with Gasteiger partial charge >= 0.3 is 5.97 Å². The van der Waals surface area contributed by atoms with Crippen molar-refractivity contribution >= 4 is 15.8 Å². The van der Waals surface area contributed by atoms with E-state index in [4.69, 9.17) is 9.47 Å². The molecule has 0 saturated carbocycles.